The Labute approximate surface area is 245 Å². The molecule has 0 saturated heterocycles. The average molecular weight is 594 g/mol. The van der Waals surface area contributed by atoms with Gasteiger partial charge in [-0.15, -0.1) is 0 Å². The third kappa shape index (κ3) is 6.61. The van der Waals surface area contributed by atoms with Crippen LogP contribution < -0.4 is 14.8 Å². The van der Waals surface area contributed by atoms with Crippen molar-refractivity contribution in [3.8, 4) is 22.6 Å². The normalized spacial score (nSPS) is 11.9. The predicted octanol–water partition coefficient (Wildman–Crippen LogP) is 5.89. The van der Waals surface area contributed by atoms with Crippen molar-refractivity contribution in [3.05, 3.63) is 106 Å². The number of carbonyl (C=O) groups is 1. The molecule has 1 heterocycles. The highest BCUT2D eigenvalue weighted by Crippen LogP contribution is 2.36. The van der Waals surface area contributed by atoms with Gasteiger partial charge in [0.2, 0.25) is 0 Å². The second-order valence-corrected chi connectivity index (χ2v) is 9.90. The number of aliphatic hydroxyl groups excluding tert-OH is 1. The van der Waals surface area contributed by atoms with Gasteiger partial charge in [-0.3, -0.25) is 10.1 Å². The minimum absolute atomic E-state index is 0.0630. The molecule has 41 heavy (non-hydrogen) atoms. The van der Waals surface area contributed by atoms with Crippen molar-refractivity contribution in [2.75, 3.05) is 6.61 Å². The average Bonchev–Trinajstić information content (AvgIpc) is 3.47. The fourth-order valence-corrected chi connectivity index (χ4v) is 4.77. The maximum absolute atomic E-state index is 11.4. The fourth-order valence-electron chi connectivity index (χ4n) is 4.24. The number of nitrogens with one attached hydrogen (secondary N) is 1. The SMILES string of the molecule is O=C(O)C(CO)NCc1cc(Cl)c(OCc2cccc(-c3ccccc3)c2Cl)cc1OCc1cccc2nonc12. The number of carboxylic acid groups (broad SMARTS) is 1. The van der Waals surface area contributed by atoms with E-state index in [9.17, 15) is 15.0 Å². The summed E-state index contributed by atoms with van der Waals surface area (Å²) in [5.74, 6) is -0.428. The maximum Gasteiger partial charge on any atom is 0.323 e. The molecule has 9 nitrogen and oxygen atoms in total. The van der Waals surface area contributed by atoms with Gasteiger partial charge in [-0.1, -0.05) is 83.9 Å². The van der Waals surface area contributed by atoms with E-state index < -0.39 is 18.6 Å². The van der Waals surface area contributed by atoms with E-state index in [0.717, 1.165) is 22.3 Å². The van der Waals surface area contributed by atoms with Crippen LogP contribution in [0.2, 0.25) is 10.0 Å². The monoisotopic (exact) mass is 593 g/mol. The van der Waals surface area contributed by atoms with Gasteiger partial charge in [0.15, 0.2) is 0 Å². The van der Waals surface area contributed by atoms with Gasteiger partial charge >= 0.3 is 5.97 Å². The van der Waals surface area contributed by atoms with Crippen molar-refractivity contribution >= 4 is 40.2 Å². The number of aromatic nitrogens is 2. The van der Waals surface area contributed by atoms with Crippen molar-refractivity contribution in [2.24, 2.45) is 0 Å². The third-order valence-corrected chi connectivity index (χ3v) is 7.18. The quantitative estimate of drug-likeness (QED) is 0.162. The summed E-state index contributed by atoms with van der Waals surface area (Å²) in [6, 6.07) is 23.1. The highest BCUT2D eigenvalue weighted by molar-refractivity contribution is 6.34. The Morgan fingerprint density at radius 2 is 1.61 bits per heavy atom. The lowest BCUT2D eigenvalue weighted by Gasteiger charge is -2.18. The topological polar surface area (TPSA) is 127 Å². The van der Waals surface area contributed by atoms with E-state index in [1.807, 2.05) is 60.7 Å². The number of benzene rings is 4. The minimum atomic E-state index is -1.18. The number of aliphatic carboxylic acids is 1. The van der Waals surface area contributed by atoms with E-state index in [4.69, 9.17) is 37.3 Å². The molecule has 0 bridgehead atoms. The fraction of sp³-hybridized carbons (Fsp3) is 0.167. The summed E-state index contributed by atoms with van der Waals surface area (Å²) < 4.78 is 17.1. The number of fused-ring (bicyclic) bond motifs is 1. The largest absolute Gasteiger partial charge is 0.488 e. The highest BCUT2D eigenvalue weighted by atomic mass is 35.5. The van der Waals surface area contributed by atoms with Crippen LogP contribution in [0.5, 0.6) is 11.5 Å². The Bertz CT molecular complexity index is 1660. The number of hydrogen-bond acceptors (Lipinski definition) is 8. The van der Waals surface area contributed by atoms with Crippen LogP contribution in [0, 0.1) is 0 Å². The van der Waals surface area contributed by atoms with E-state index >= 15 is 0 Å². The van der Waals surface area contributed by atoms with Gasteiger partial charge in [0, 0.05) is 34.9 Å². The Morgan fingerprint density at radius 1 is 0.878 bits per heavy atom. The summed E-state index contributed by atoms with van der Waals surface area (Å²) in [4.78, 5) is 11.4. The molecule has 5 rings (SSSR count). The zero-order valence-corrected chi connectivity index (χ0v) is 23.1. The smallest absolute Gasteiger partial charge is 0.323 e. The lowest BCUT2D eigenvalue weighted by Crippen LogP contribution is -2.39. The summed E-state index contributed by atoms with van der Waals surface area (Å²) >= 11 is 13.3. The molecule has 1 atom stereocenters. The summed E-state index contributed by atoms with van der Waals surface area (Å²) in [6.45, 7) is -0.253. The van der Waals surface area contributed by atoms with Gasteiger partial charge in [0.1, 0.15) is 41.8 Å². The third-order valence-electron chi connectivity index (χ3n) is 6.43. The molecule has 0 radical (unpaired) electrons. The summed E-state index contributed by atoms with van der Waals surface area (Å²) in [7, 11) is 0. The maximum atomic E-state index is 11.4. The van der Waals surface area contributed by atoms with Crippen LogP contribution in [-0.2, 0) is 24.6 Å². The van der Waals surface area contributed by atoms with Crippen LogP contribution in [-0.4, -0.2) is 39.1 Å². The Kier molecular flexibility index (Phi) is 9.01. The second kappa shape index (κ2) is 13.0. The van der Waals surface area contributed by atoms with Crippen LogP contribution in [0.4, 0.5) is 0 Å². The van der Waals surface area contributed by atoms with Gasteiger partial charge in [-0.2, -0.15) is 0 Å². The first kappa shape index (κ1) is 28.4. The molecule has 0 aliphatic carbocycles. The number of hydrogen-bond donors (Lipinski definition) is 3. The molecular weight excluding hydrogens is 569 g/mol. The summed E-state index contributed by atoms with van der Waals surface area (Å²) in [5.41, 5.74) is 5.12. The molecule has 1 unspecified atom stereocenters. The van der Waals surface area contributed by atoms with Crippen molar-refractivity contribution in [3.63, 3.8) is 0 Å². The van der Waals surface area contributed by atoms with Gasteiger partial charge in [0.05, 0.1) is 16.7 Å². The first-order chi connectivity index (χ1) is 19.9. The van der Waals surface area contributed by atoms with Crippen LogP contribution in [0.1, 0.15) is 16.7 Å². The van der Waals surface area contributed by atoms with Crippen LogP contribution >= 0.6 is 23.2 Å². The lowest BCUT2D eigenvalue weighted by atomic mass is 10.0. The predicted molar refractivity (Wildman–Crippen MR) is 154 cm³/mol. The molecule has 1 aromatic heterocycles. The lowest BCUT2D eigenvalue weighted by molar-refractivity contribution is -0.140. The molecule has 0 aliphatic rings. The number of ether oxygens (including phenoxy) is 2. The second-order valence-electron chi connectivity index (χ2n) is 9.12. The van der Waals surface area contributed by atoms with E-state index in [-0.39, 0.29) is 19.8 Å². The highest BCUT2D eigenvalue weighted by Gasteiger charge is 2.19. The molecule has 3 N–H and O–H groups in total. The minimum Gasteiger partial charge on any atom is -0.488 e. The van der Waals surface area contributed by atoms with Crippen LogP contribution in [0.15, 0.2) is 83.5 Å². The van der Waals surface area contributed by atoms with E-state index in [0.29, 0.717) is 38.1 Å². The molecule has 0 fully saturated rings. The first-order valence-corrected chi connectivity index (χ1v) is 13.4. The molecule has 210 valence electrons. The number of halogens is 2. The number of aliphatic hydroxyl groups is 1. The first-order valence-electron chi connectivity index (χ1n) is 12.6. The van der Waals surface area contributed by atoms with Gasteiger partial charge in [-0.05, 0) is 28.0 Å². The number of carboxylic acids is 1. The Balaban J connectivity index is 1.40. The zero-order valence-electron chi connectivity index (χ0n) is 21.6. The van der Waals surface area contributed by atoms with E-state index in [1.165, 1.54) is 0 Å². The molecular formula is C30H25Cl2N3O6. The van der Waals surface area contributed by atoms with Crippen molar-refractivity contribution in [1.82, 2.24) is 15.6 Å². The Morgan fingerprint density at radius 3 is 2.39 bits per heavy atom. The molecule has 0 spiro atoms. The molecule has 0 amide bonds. The molecule has 4 aromatic carbocycles. The van der Waals surface area contributed by atoms with Crippen LogP contribution in [0.25, 0.3) is 22.2 Å². The van der Waals surface area contributed by atoms with E-state index in [2.05, 4.69) is 15.6 Å². The standard InChI is InChI=1S/C30H25Cl2N3O6/c31-23-12-21(14-33-25(15-36)30(37)38)26(39-17-20-9-5-11-24-29(20)35-41-34-24)13-27(23)40-16-19-8-4-10-22(28(19)32)18-6-2-1-3-7-18/h1-13,25,33,36H,14-17H2,(H,37,38). The van der Waals surface area contributed by atoms with Gasteiger partial charge in [0.25, 0.3) is 0 Å². The number of nitrogens with zero attached hydrogens (tertiary/aromatic N) is 2. The van der Waals surface area contributed by atoms with Crippen molar-refractivity contribution in [1.29, 1.82) is 0 Å². The summed E-state index contributed by atoms with van der Waals surface area (Å²) in [6.07, 6.45) is 0. The van der Waals surface area contributed by atoms with Crippen molar-refractivity contribution in [2.45, 2.75) is 25.8 Å². The Hall–Kier alpha value is -4.15. The molecule has 11 heteroatoms. The molecule has 5 aromatic rings. The van der Waals surface area contributed by atoms with Gasteiger partial charge in [-0.25, -0.2) is 4.63 Å². The molecule has 0 aliphatic heterocycles. The zero-order chi connectivity index (χ0) is 28.8. The van der Waals surface area contributed by atoms with Gasteiger partial charge < -0.3 is 19.7 Å². The number of rotatable bonds is 12. The van der Waals surface area contributed by atoms with Crippen molar-refractivity contribution < 1.29 is 29.1 Å². The van der Waals surface area contributed by atoms with Crippen LogP contribution in [0.3, 0.4) is 0 Å². The molecule has 0 saturated carbocycles. The van der Waals surface area contributed by atoms with E-state index in [1.54, 1.807) is 18.2 Å². The summed E-state index contributed by atoms with van der Waals surface area (Å²) in [5, 5.41) is 30.2.